The Kier molecular flexibility index (Phi) is 5.83. The monoisotopic (exact) mass is 449 g/mol. The van der Waals surface area contributed by atoms with Crippen LogP contribution in [0.4, 0.5) is 11.4 Å². The van der Waals surface area contributed by atoms with Crippen LogP contribution in [0.1, 0.15) is 15.4 Å². The van der Waals surface area contributed by atoms with E-state index in [1.165, 1.54) is 24.3 Å². The zero-order valence-corrected chi connectivity index (χ0v) is 18.2. The van der Waals surface area contributed by atoms with Crippen molar-refractivity contribution >= 4 is 38.6 Å². The van der Waals surface area contributed by atoms with Gasteiger partial charge in [-0.1, -0.05) is 30.3 Å². The first-order chi connectivity index (χ1) is 14.9. The van der Waals surface area contributed by atoms with Crippen LogP contribution in [-0.2, 0) is 10.0 Å². The standard InChI is InChI=1S/C23H19N3O3S2/c1-16-24-22(15-30-16)18-6-5-9-20(14-18)25-23(27)17-10-12-21(13-11-17)31(28,29)26-19-7-3-2-4-8-19/h2-15,26H,1H3,(H,25,27). The lowest BCUT2D eigenvalue weighted by Crippen LogP contribution is -2.14. The van der Waals surface area contributed by atoms with Crippen molar-refractivity contribution in [3.8, 4) is 11.3 Å². The summed E-state index contributed by atoms with van der Waals surface area (Å²) < 4.78 is 27.6. The van der Waals surface area contributed by atoms with Crippen LogP contribution in [0.15, 0.2) is 89.1 Å². The van der Waals surface area contributed by atoms with Crippen LogP contribution in [0, 0.1) is 6.92 Å². The number of aromatic nitrogens is 1. The predicted octanol–water partition coefficient (Wildman–Crippen LogP) is 5.17. The van der Waals surface area contributed by atoms with Crippen molar-refractivity contribution in [2.45, 2.75) is 11.8 Å². The first-order valence-electron chi connectivity index (χ1n) is 9.42. The molecule has 1 heterocycles. The number of hydrogen-bond acceptors (Lipinski definition) is 5. The molecule has 4 aromatic rings. The van der Waals surface area contributed by atoms with Crippen LogP contribution in [0.5, 0.6) is 0 Å². The molecule has 4 rings (SSSR count). The number of sulfonamides is 1. The van der Waals surface area contributed by atoms with Crippen molar-refractivity contribution < 1.29 is 13.2 Å². The highest BCUT2D eigenvalue weighted by atomic mass is 32.2. The molecule has 0 aliphatic carbocycles. The third kappa shape index (κ3) is 4.99. The lowest BCUT2D eigenvalue weighted by molar-refractivity contribution is 0.102. The number of hydrogen-bond donors (Lipinski definition) is 2. The third-order valence-corrected chi connectivity index (χ3v) is 6.66. The number of para-hydroxylation sites is 1. The Labute approximate surface area is 184 Å². The summed E-state index contributed by atoms with van der Waals surface area (Å²) in [4.78, 5) is 17.2. The van der Waals surface area contributed by atoms with Gasteiger partial charge in [0.15, 0.2) is 0 Å². The van der Waals surface area contributed by atoms with E-state index in [1.807, 2.05) is 30.5 Å². The quantitative estimate of drug-likeness (QED) is 0.425. The van der Waals surface area contributed by atoms with Crippen molar-refractivity contribution in [1.82, 2.24) is 4.98 Å². The molecular weight excluding hydrogens is 430 g/mol. The fourth-order valence-electron chi connectivity index (χ4n) is 2.96. The second-order valence-corrected chi connectivity index (χ2v) is 9.53. The van der Waals surface area contributed by atoms with Gasteiger partial charge in [-0.15, -0.1) is 11.3 Å². The number of benzene rings is 3. The third-order valence-electron chi connectivity index (χ3n) is 4.49. The molecule has 0 aliphatic rings. The maximum Gasteiger partial charge on any atom is 0.261 e. The van der Waals surface area contributed by atoms with Crippen molar-refractivity contribution in [3.63, 3.8) is 0 Å². The van der Waals surface area contributed by atoms with Gasteiger partial charge >= 0.3 is 0 Å². The molecule has 1 aromatic heterocycles. The summed E-state index contributed by atoms with van der Waals surface area (Å²) in [5, 5.41) is 5.79. The first-order valence-corrected chi connectivity index (χ1v) is 11.8. The Balaban J connectivity index is 1.48. The number of nitrogens with zero attached hydrogens (tertiary/aromatic N) is 1. The molecule has 0 fully saturated rings. The lowest BCUT2D eigenvalue weighted by atomic mass is 10.1. The Morgan fingerprint density at radius 1 is 0.903 bits per heavy atom. The molecule has 8 heteroatoms. The molecule has 0 atom stereocenters. The molecule has 0 saturated heterocycles. The molecule has 3 aromatic carbocycles. The van der Waals surface area contributed by atoms with Gasteiger partial charge in [0.2, 0.25) is 0 Å². The van der Waals surface area contributed by atoms with Gasteiger partial charge in [-0.3, -0.25) is 9.52 Å². The van der Waals surface area contributed by atoms with Gasteiger partial charge in [0, 0.05) is 27.9 Å². The van der Waals surface area contributed by atoms with Gasteiger partial charge in [-0.05, 0) is 55.5 Å². The minimum atomic E-state index is -3.74. The van der Waals surface area contributed by atoms with Gasteiger partial charge in [-0.25, -0.2) is 13.4 Å². The average molecular weight is 450 g/mol. The maximum atomic E-state index is 12.6. The van der Waals surface area contributed by atoms with Crippen LogP contribution in [0.2, 0.25) is 0 Å². The summed E-state index contributed by atoms with van der Waals surface area (Å²) >= 11 is 1.57. The van der Waals surface area contributed by atoms with Gasteiger partial charge in [0.05, 0.1) is 15.6 Å². The van der Waals surface area contributed by atoms with E-state index in [2.05, 4.69) is 15.0 Å². The number of aryl methyl sites for hydroxylation is 1. The van der Waals surface area contributed by atoms with Gasteiger partial charge < -0.3 is 5.32 Å². The second kappa shape index (κ2) is 8.71. The van der Waals surface area contributed by atoms with Gasteiger partial charge in [0.25, 0.3) is 15.9 Å². The van der Waals surface area contributed by atoms with Crippen LogP contribution in [0.25, 0.3) is 11.3 Å². The second-order valence-electron chi connectivity index (χ2n) is 6.78. The highest BCUT2D eigenvalue weighted by Gasteiger charge is 2.15. The van der Waals surface area contributed by atoms with Crippen LogP contribution < -0.4 is 10.0 Å². The molecule has 0 saturated carbocycles. The highest BCUT2D eigenvalue weighted by Crippen LogP contribution is 2.24. The molecule has 0 bridgehead atoms. The minimum Gasteiger partial charge on any atom is -0.322 e. The lowest BCUT2D eigenvalue weighted by Gasteiger charge is -2.09. The maximum absolute atomic E-state index is 12.6. The first kappa shape index (κ1) is 20.8. The van der Waals surface area contributed by atoms with Gasteiger partial charge in [0.1, 0.15) is 0 Å². The summed E-state index contributed by atoms with van der Waals surface area (Å²) in [6, 6.07) is 21.9. The highest BCUT2D eigenvalue weighted by molar-refractivity contribution is 7.92. The Morgan fingerprint density at radius 3 is 2.29 bits per heavy atom. The van der Waals surface area contributed by atoms with Crippen LogP contribution in [0.3, 0.4) is 0 Å². The van der Waals surface area contributed by atoms with Crippen molar-refractivity contribution in [3.05, 3.63) is 94.8 Å². The number of thiazole rings is 1. The summed E-state index contributed by atoms with van der Waals surface area (Å²) in [5.74, 6) is -0.327. The molecule has 0 spiro atoms. The number of nitrogens with one attached hydrogen (secondary N) is 2. The SMILES string of the molecule is Cc1nc(-c2cccc(NC(=O)c3ccc(S(=O)(=O)Nc4ccccc4)cc3)c2)cs1. The number of amides is 1. The summed E-state index contributed by atoms with van der Waals surface area (Å²) in [6.07, 6.45) is 0. The Hall–Kier alpha value is -3.49. The molecule has 156 valence electrons. The van der Waals surface area contributed by atoms with Crippen molar-refractivity contribution in [2.24, 2.45) is 0 Å². The van der Waals surface area contributed by atoms with E-state index in [1.54, 1.807) is 47.7 Å². The summed E-state index contributed by atoms with van der Waals surface area (Å²) in [6.45, 7) is 1.94. The number of rotatable bonds is 6. The topological polar surface area (TPSA) is 88.2 Å². The normalized spacial score (nSPS) is 11.1. The fraction of sp³-hybridized carbons (Fsp3) is 0.0435. The Morgan fingerprint density at radius 2 is 1.61 bits per heavy atom. The van der Waals surface area contributed by atoms with Crippen molar-refractivity contribution in [2.75, 3.05) is 10.0 Å². The van der Waals surface area contributed by atoms with E-state index in [9.17, 15) is 13.2 Å². The average Bonchev–Trinajstić information content (AvgIpc) is 3.21. The molecule has 2 N–H and O–H groups in total. The molecule has 1 amide bonds. The van der Waals surface area contributed by atoms with E-state index in [0.717, 1.165) is 16.3 Å². The molecule has 31 heavy (non-hydrogen) atoms. The molecule has 0 radical (unpaired) electrons. The number of carbonyl (C=O) groups is 1. The summed E-state index contributed by atoms with van der Waals surface area (Å²) in [7, 11) is -3.74. The van der Waals surface area contributed by atoms with Crippen LogP contribution in [-0.4, -0.2) is 19.3 Å². The molecule has 0 aliphatic heterocycles. The smallest absolute Gasteiger partial charge is 0.261 e. The van der Waals surface area contributed by atoms with Crippen molar-refractivity contribution in [1.29, 1.82) is 0 Å². The molecule has 6 nitrogen and oxygen atoms in total. The number of carbonyl (C=O) groups excluding carboxylic acids is 1. The minimum absolute atomic E-state index is 0.0776. The zero-order chi connectivity index (χ0) is 21.8. The van der Waals surface area contributed by atoms with E-state index in [0.29, 0.717) is 16.9 Å². The largest absolute Gasteiger partial charge is 0.322 e. The van der Waals surface area contributed by atoms with E-state index >= 15 is 0 Å². The Bertz CT molecular complexity index is 1320. The van der Waals surface area contributed by atoms with Crippen LogP contribution >= 0.6 is 11.3 Å². The zero-order valence-electron chi connectivity index (χ0n) is 16.6. The number of anilines is 2. The van der Waals surface area contributed by atoms with E-state index < -0.39 is 10.0 Å². The van der Waals surface area contributed by atoms with E-state index in [4.69, 9.17) is 0 Å². The fourth-order valence-corrected chi connectivity index (χ4v) is 4.64. The molecular formula is C23H19N3O3S2. The molecule has 0 unspecified atom stereocenters. The summed E-state index contributed by atoms with van der Waals surface area (Å²) in [5.41, 5.74) is 3.23. The predicted molar refractivity (Wildman–Crippen MR) is 124 cm³/mol. The van der Waals surface area contributed by atoms with E-state index in [-0.39, 0.29) is 10.8 Å². The van der Waals surface area contributed by atoms with Gasteiger partial charge in [-0.2, -0.15) is 0 Å².